The summed E-state index contributed by atoms with van der Waals surface area (Å²) in [5.74, 6) is 1.12. The molecule has 2 aromatic carbocycles. The van der Waals surface area contributed by atoms with Gasteiger partial charge in [0.25, 0.3) is 0 Å². The molecule has 0 aliphatic carbocycles. The van der Waals surface area contributed by atoms with Crippen molar-refractivity contribution in [1.29, 1.82) is 0 Å². The zero-order valence-corrected chi connectivity index (χ0v) is 16.5. The molecule has 0 saturated carbocycles. The molecule has 5 nitrogen and oxygen atoms in total. The average Bonchev–Trinajstić information content (AvgIpc) is 2.98. The Morgan fingerprint density at radius 2 is 1.79 bits per heavy atom. The van der Waals surface area contributed by atoms with Gasteiger partial charge in [0.2, 0.25) is 0 Å². The summed E-state index contributed by atoms with van der Waals surface area (Å²) < 4.78 is 26.6. The highest BCUT2D eigenvalue weighted by Crippen LogP contribution is 2.27. The third kappa shape index (κ3) is 4.01. The van der Waals surface area contributed by atoms with Crippen LogP contribution in [-0.2, 0) is 6.54 Å². The first kappa shape index (κ1) is 19.5. The van der Waals surface area contributed by atoms with E-state index in [-0.39, 0.29) is 5.82 Å². The molecule has 3 aromatic rings. The van der Waals surface area contributed by atoms with Crippen LogP contribution >= 0.6 is 0 Å². The van der Waals surface area contributed by atoms with Crippen LogP contribution < -0.4 is 14.9 Å². The Bertz CT molecular complexity index is 995. The summed E-state index contributed by atoms with van der Waals surface area (Å²) in [5.41, 5.74) is 7.40. The number of nitrogens with zero attached hydrogens (tertiary/aromatic N) is 2. The highest BCUT2D eigenvalue weighted by Gasteiger charge is 2.12. The van der Waals surface area contributed by atoms with Gasteiger partial charge in [0.15, 0.2) is 11.5 Å². The fourth-order valence-corrected chi connectivity index (χ4v) is 3.16. The van der Waals surface area contributed by atoms with Crippen molar-refractivity contribution >= 4 is 6.21 Å². The topological polar surface area (TPSA) is 47.8 Å². The van der Waals surface area contributed by atoms with Crippen LogP contribution in [0.15, 0.2) is 53.6 Å². The van der Waals surface area contributed by atoms with Gasteiger partial charge in [-0.2, -0.15) is 5.10 Å². The Hall–Kier alpha value is -3.28. The Balaban J connectivity index is 1.72. The molecule has 28 heavy (non-hydrogen) atoms. The van der Waals surface area contributed by atoms with E-state index in [1.807, 2.05) is 48.7 Å². The third-order valence-corrected chi connectivity index (χ3v) is 4.59. The van der Waals surface area contributed by atoms with Crippen molar-refractivity contribution in [3.63, 3.8) is 0 Å². The van der Waals surface area contributed by atoms with Crippen LogP contribution in [0.2, 0.25) is 0 Å². The molecule has 0 radical (unpaired) electrons. The van der Waals surface area contributed by atoms with Crippen molar-refractivity contribution in [1.82, 2.24) is 9.99 Å². The van der Waals surface area contributed by atoms with Crippen LogP contribution in [0.4, 0.5) is 4.39 Å². The molecule has 0 bridgehead atoms. The minimum absolute atomic E-state index is 0.251. The van der Waals surface area contributed by atoms with Gasteiger partial charge in [0.05, 0.1) is 32.7 Å². The van der Waals surface area contributed by atoms with E-state index < -0.39 is 0 Å². The van der Waals surface area contributed by atoms with Gasteiger partial charge >= 0.3 is 0 Å². The molecule has 3 rings (SSSR count). The molecule has 0 aliphatic rings. The van der Waals surface area contributed by atoms with Crippen LogP contribution in [0.3, 0.4) is 0 Å². The molecule has 146 valence electrons. The molecule has 0 aliphatic heterocycles. The zero-order valence-electron chi connectivity index (χ0n) is 16.5. The first-order valence-corrected chi connectivity index (χ1v) is 8.95. The van der Waals surface area contributed by atoms with Gasteiger partial charge in [-0.05, 0) is 49.7 Å². The molecule has 1 N–H and O–H groups in total. The second-order valence-corrected chi connectivity index (χ2v) is 6.40. The van der Waals surface area contributed by atoms with Gasteiger partial charge in [0.1, 0.15) is 5.82 Å². The first-order valence-electron chi connectivity index (χ1n) is 8.95. The van der Waals surface area contributed by atoms with E-state index >= 15 is 0 Å². The molecule has 1 aromatic heterocycles. The molecule has 0 unspecified atom stereocenters. The van der Waals surface area contributed by atoms with Crippen molar-refractivity contribution < 1.29 is 13.9 Å². The Morgan fingerprint density at radius 3 is 2.50 bits per heavy atom. The smallest absolute Gasteiger partial charge is 0.161 e. The number of benzene rings is 2. The van der Waals surface area contributed by atoms with E-state index in [9.17, 15) is 4.39 Å². The van der Waals surface area contributed by atoms with E-state index in [0.29, 0.717) is 23.7 Å². The molecule has 0 saturated heterocycles. The number of aromatic nitrogens is 1. The lowest BCUT2D eigenvalue weighted by molar-refractivity contribution is 0.354. The average molecular weight is 381 g/mol. The van der Waals surface area contributed by atoms with E-state index in [1.54, 1.807) is 32.6 Å². The lowest BCUT2D eigenvalue weighted by Crippen LogP contribution is -2.06. The first-order chi connectivity index (χ1) is 13.5. The maximum atomic E-state index is 14.2. The van der Waals surface area contributed by atoms with Crippen LogP contribution in [0, 0.1) is 19.7 Å². The lowest BCUT2D eigenvalue weighted by atomic mass is 10.2. The molecule has 0 atom stereocenters. The minimum Gasteiger partial charge on any atom is -0.493 e. The number of hydrogen-bond acceptors (Lipinski definition) is 4. The largest absolute Gasteiger partial charge is 0.493 e. The maximum absolute atomic E-state index is 14.2. The lowest BCUT2D eigenvalue weighted by Gasteiger charge is -2.10. The highest BCUT2D eigenvalue weighted by atomic mass is 19.1. The third-order valence-electron chi connectivity index (χ3n) is 4.59. The summed E-state index contributed by atoms with van der Waals surface area (Å²) in [6.45, 7) is 4.45. The van der Waals surface area contributed by atoms with Crippen molar-refractivity contribution in [3.8, 4) is 17.2 Å². The number of hydrogen-bond donors (Lipinski definition) is 1. The highest BCUT2D eigenvalue weighted by molar-refractivity contribution is 5.82. The molecule has 0 fully saturated rings. The van der Waals surface area contributed by atoms with Gasteiger partial charge in [-0.25, -0.2) is 4.39 Å². The van der Waals surface area contributed by atoms with Crippen LogP contribution in [0.1, 0.15) is 22.5 Å². The monoisotopic (exact) mass is 381 g/mol. The van der Waals surface area contributed by atoms with Gasteiger partial charge < -0.3 is 19.5 Å². The van der Waals surface area contributed by atoms with Crippen molar-refractivity contribution in [3.05, 3.63) is 76.9 Å². The number of para-hydroxylation sites is 1. The van der Waals surface area contributed by atoms with E-state index in [0.717, 1.165) is 22.5 Å². The van der Waals surface area contributed by atoms with Crippen molar-refractivity contribution in [2.45, 2.75) is 20.4 Å². The number of halogens is 1. The van der Waals surface area contributed by atoms with Crippen LogP contribution in [0.25, 0.3) is 5.69 Å². The zero-order chi connectivity index (χ0) is 20.1. The van der Waals surface area contributed by atoms with Crippen molar-refractivity contribution in [2.75, 3.05) is 14.2 Å². The predicted octanol–water partition coefficient (Wildman–Crippen LogP) is 4.37. The number of hydrazone groups is 1. The van der Waals surface area contributed by atoms with E-state index in [4.69, 9.17) is 9.47 Å². The number of ether oxygens (including phenoxy) is 2. The molecule has 6 heteroatoms. The minimum atomic E-state index is -0.251. The molecule has 0 amide bonds. The van der Waals surface area contributed by atoms with E-state index in [2.05, 4.69) is 10.5 Å². The fraction of sp³-hybridized carbons (Fsp3) is 0.227. The standard InChI is InChI=1S/C22H24FN3O2/c1-15-11-18(16(2)26(15)20-8-6-5-7-19(20)23)14-25-24-13-17-9-10-21(27-3)22(12-17)28-4/h5-12,14,24H,13H2,1-4H3/b25-14-. The van der Waals surface area contributed by atoms with Crippen LogP contribution in [0.5, 0.6) is 11.5 Å². The fourth-order valence-electron chi connectivity index (χ4n) is 3.16. The van der Waals surface area contributed by atoms with E-state index in [1.165, 1.54) is 6.07 Å². The normalized spacial score (nSPS) is 11.0. The van der Waals surface area contributed by atoms with Gasteiger partial charge in [0, 0.05) is 17.0 Å². The van der Waals surface area contributed by atoms with Gasteiger partial charge in [-0.15, -0.1) is 0 Å². The van der Waals surface area contributed by atoms with Crippen molar-refractivity contribution in [2.24, 2.45) is 5.10 Å². The quantitative estimate of drug-likeness (QED) is 0.488. The second kappa shape index (κ2) is 8.61. The summed E-state index contributed by atoms with van der Waals surface area (Å²) in [5, 5.41) is 4.31. The maximum Gasteiger partial charge on any atom is 0.161 e. The molecule has 1 heterocycles. The van der Waals surface area contributed by atoms with Gasteiger partial charge in [-0.3, -0.25) is 0 Å². The molecular formula is C22H24FN3O2. The summed E-state index contributed by atoms with van der Waals surface area (Å²) in [7, 11) is 3.22. The Morgan fingerprint density at radius 1 is 1.04 bits per heavy atom. The number of methoxy groups -OCH3 is 2. The summed E-state index contributed by atoms with van der Waals surface area (Å²) in [6.07, 6.45) is 1.75. The summed E-state index contributed by atoms with van der Waals surface area (Å²) >= 11 is 0. The molecular weight excluding hydrogens is 357 g/mol. The van der Waals surface area contributed by atoms with Gasteiger partial charge in [-0.1, -0.05) is 18.2 Å². The summed E-state index contributed by atoms with van der Waals surface area (Å²) in [4.78, 5) is 0. The predicted molar refractivity (Wildman–Crippen MR) is 109 cm³/mol. The second-order valence-electron chi connectivity index (χ2n) is 6.40. The van der Waals surface area contributed by atoms with Crippen LogP contribution in [-0.4, -0.2) is 25.0 Å². The SMILES string of the molecule is COc1ccc(CN/N=C\c2cc(C)n(-c3ccccc3F)c2C)cc1OC. The molecule has 0 spiro atoms. The number of rotatable bonds is 7. The Kier molecular flexibility index (Phi) is 5.99. The number of aryl methyl sites for hydroxylation is 1. The summed E-state index contributed by atoms with van der Waals surface area (Å²) in [6, 6.07) is 14.5. The Labute approximate surface area is 164 Å². The number of nitrogens with one attached hydrogen (secondary N) is 1.